The van der Waals surface area contributed by atoms with Crippen molar-refractivity contribution in [2.24, 2.45) is 0 Å². The minimum atomic E-state index is -1.02. The van der Waals surface area contributed by atoms with Gasteiger partial charge in [-0.05, 0) is 60.4 Å². The van der Waals surface area contributed by atoms with Crippen LogP contribution in [0.3, 0.4) is 0 Å². The average Bonchev–Trinajstić information content (AvgIpc) is 3.41. The molecule has 0 radical (unpaired) electrons. The molecule has 2 amide bonds. The van der Waals surface area contributed by atoms with Crippen LogP contribution in [-0.2, 0) is 27.4 Å². The predicted molar refractivity (Wildman–Crippen MR) is 150 cm³/mol. The van der Waals surface area contributed by atoms with E-state index in [4.69, 9.17) is 4.74 Å². The molecule has 5 rings (SSSR count). The molecular weight excluding hydrogens is 525 g/mol. The first-order valence-electron chi connectivity index (χ1n) is 13.7. The number of para-hydroxylation sites is 1. The Morgan fingerprint density at radius 1 is 1.00 bits per heavy atom. The molecule has 9 nitrogen and oxygen atoms in total. The summed E-state index contributed by atoms with van der Waals surface area (Å²) in [5.74, 6) is -1.59. The lowest BCUT2D eigenvalue weighted by Gasteiger charge is -2.33. The van der Waals surface area contributed by atoms with Crippen molar-refractivity contribution < 1.29 is 23.5 Å². The molecule has 1 aliphatic rings. The molecule has 1 aliphatic carbocycles. The summed E-state index contributed by atoms with van der Waals surface area (Å²) in [5, 5.41) is 11.5. The summed E-state index contributed by atoms with van der Waals surface area (Å²) in [4.78, 5) is 41.6. The fourth-order valence-corrected chi connectivity index (χ4v) is 5.28. The van der Waals surface area contributed by atoms with Crippen LogP contribution in [0.15, 0.2) is 72.8 Å². The molecule has 3 aromatic carbocycles. The molecule has 0 saturated heterocycles. The number of esters is 1. The first-order valence-corrected chi connectivity index (χ1v) is 13.7. The first kappa shape index (κ1) is 27.9. The number of carbonyl (C=O) groups is 3. The van der Waals surface area contributed by atoms with Gasteiger partial charge in [0, 0.05) is 12.6 Å². The monoisotopic (exact) mass is 557 g/mol. The van der Waals surface area contributed by atoms with Crippen molar-refractivity contribution in [1.82, 2.24) is 25.2 Å². The Morgan fingerprint density at radius 3 is 2.41 bits per heavy atom. The molecule has 1 fully saturated rings. The minimum absolute atomic E-state index is 0.00937. The maximum absolute atomic E-state index is 14.1. The van der Waals surface area contributed by atoms with Crippen LogP contribution in [0.2, 0.25) is 0 Å². The van der Waals surface area contributed by atoms with Gasteiger partial charge in [-0.2, -0.15) is 0 Å². The third-order valence-electron chi connectivity index (χ3n) is 7.45. The average molecular weight is 558 g/mol. The van der Waals surface area contributed by atoms with Gasteiger partial charge in [-0.3, -0.25) is 9.59 Å². The number of nitrogens with one attached hydrogen (secondary N) is 1. The van der Waals surface area contributed by atoms with Gasteiger partial charge < -0.3 is 15.0 Å². The highest BCUT2D eigenvalue weighted by atomic mass is 19.1. The number of amides is 2. The van der Waals surface area contributed by atoms with E-state index >= 15 is 0 Å². The van der Waals surface area contributed by atoms with Crippen molar-refractivity contribution >= 4 is 28.8 Å². The number of benzene rings is 3. The van der Waals surface area contributed by atoms with E-state index in [0.29, 0.717) is 27.7 Å². The van der Waals surface area contributed by atoms with Crippen LogP contribution in [0.4, 0.5) is 4.39 Å². The molecule has 212 valence electrons. The molecule has 1 heterocycles. The Balaban J connectivity index is 1.53. The van der Waals surface area contributed by atoms with Crippen molar-refractivity contribution in [3.63, 3.8) is 0 Å². The summed E-state index contributed by atoms with van der Waals surface area (Å²) in [5.41, 5.74) is 2.85. The highest BCUT2D eigenvalue weighted by molar-refractivity contribution is 5.91. The van der Waals surface area contributed by atoms with Crippen LogP contribution in [-0.4, -0.2) is 50.8 Å². The van der Waals surface area contributed by atoms with Crippen molar-refractivity contribution in [2.45, 2.75) is 57.3 Å². The molecule has 4 aromatic rings. The van der Waals surface area contributed by atoms with Gasteiger partial charge in [0.2, 0.25) is 11.8 Å². The van der Waals surface area contributed by atoms with Crippen molar-refractivity contribution in [2.75, 3.05) is 7.11 Å². The lowest BCUT2D eigenvalue weighted by atomic mass is 9.94. The zero-order chi connectivity index (χ0) is 28.8. The van der Waals surface area contributed by atoms with E-state index in [-0.39, 0.29) is 30.9 Å². The van der Waals surface area contributed by atoms with Gasteiger partial charge >= 0.3 is 5.97 Å². The predicted octanol–water partition coefficient (Wildman–Crippen LogP) is 4.58. The van der Waals surface area contributed by atoms with Gasteiger partial charge in [0.1, 0.15) is 23.9 Å². The summed E-state index contributed by atoms with van der Waals surface area (Å²) in [6.45, 7) is -0.109. The van der Waals surface area contributed by atoms with Crippen LogP contribution in [0.25, 0.3) is 11.0 Å². The highest BCUT2D eigenvalue weighted by Crippen LogP contribution is 2.27. The minimum Gasteiger partial charge on any atom is -0.465 e. The molecule has 0 bridgehead atoms. The molecule has 10 heteroatoms. The van der Waals surface area contributed by atoms with Crippen molar-refractivity contribution in [1.29, 1.82) is 0 Å². The molecule has 1 N–H and O–H groups in total. The van der Waals surface area contributed by atoms with Crippen LogP contribution in [0.5, 0.6) is 0 Å². The number of carbonyl (C=O) groups excluding carboxylic acids is 3. The summed E-state index contributed by atoms with van der Waals surface area (Å²) in [6.07, 6.45) is 4.93. The third-order valence-corrected chi connectivity index (χ3v) is 7.45. The first-order chi connectivity index (χ1) is 19.9. The maximum atomic E-state index is 14.1. The smallest absolute Gasteiger partial charge is 0.337 e. The molecule has 0 spiro atoms. The second kappa shape index (κ2) is 12.7. The van der Waals surface area contributed by atoms with Crippen LogP contribution in [0, 0.1) is 5.82 Å². The number of nitrogens with zero attached hydrogens (tertiary/aromatic N) is 4. The van der Waals surface area contributed by atoms with E-state index in [9.17, 15) is 18.8 Å². The summed E-state index contributed by atoms with van der Waals surface area (Å²) < 4.78 is 20.1. The standard InChI is InChI=1S/C31H32FN5O4/c1-41-31(40)23-15-13-22(14-16-23)29(30(39)33-25-7-3-2-4-8-25)36(19-21-11-17-24(32)18-12-21)28(38)20-37-27-10-6-5-9-26(27)34-35-37/h5-6,9-18,25,29H,2-4,7-8,19-20H2,1H3,(H,33,39). The van der Waals surface area contributed by atoms with E-state index in [1.54, 1.807) is 36.4 Å². The quantitative estimate of drug-likeness (QED) is 0.302. The van der Waals surface area contributed by atoms with Crippen molar-refractivity contribution in [3.05, 3.63) is 95.3 Å². The number of hydrogen-bond acceptors (Lipinski definition) is 6. The van der Waals surface area contributed by atoms with Gasteiger partial charge in [-0.25, -0.2) is 13.9 Å². The molecule has 41 heavy (non-hydrogen) atoms. The number of fused-ring (bicyclic) bond motifs is 1. The molecule has 1 unspecified atom stereocenters. The summed E-state index contributed by atoms with van der Waals surface area (Å²) in [7, 11) is 1.30. The third kappa shape index (κ3) is 6.59. The van der Waals surface area contributed by atoms with Crippen LogP contribution in [0.1, 0.15) is 59.6 Å². The van der Waals surface area contributed by atoms with Gasteiger partial charge in [0.25, 0.3) is 0 Å². The number of methoxy groups -OCH3 is 1. The Labute approximate surface area is 237 Å². The second-order valence-electron chi connectivity index (χ2n) is 10.2. The van der Waals surface area contributed by atoms with E-state index in [1.165, 1.54) is 28.8 Å². The Kier molecular flexibility index (Phi) is 8.67. The van der Waals surface area contributed by atoms with E-state index < -0.39 is 17.8 Å². The fraction of sp³-hybridized carbons (Fsp3) is 0.323. The van der Waals surface area contributed by atoms with Crippen LogP contribution >= 0.6 is 0 Å². The molecule has 1 atom stereocenters. The zero-order valence-corrected chi connectivity index (χ0v) is 22.8. The molecule has 1 saturated carbocycles. The second-order valence-corrected chi connectivity index (χ2v) is 10.2. The highest BCUT2D eigenvalue weighted by Gasteiger charge is 2.33. The van der Waals surface area contributed by atoms with E-state index in [2.05, 4.69) is 15.6 Å². The number of ether oxygens (including phenoxy) is 1. The van der Waals surface area contributed by atoms with Gasteiger partial charge in [-0.1, -0.05) is 60.9 Å². The largest absolute Gasteiger partial charge is 0.465 e. The fourth-order valence-electron chi connectivity index (χ4n) is 5.28. The Hall–Kier alpha value is -4.60. The molecule has 1 aromatic heterocycles. The molecule has 0 aliphatic heterocycles. The SMILES string of the molecule is COC(=O)c1ccc(C(C(=O)NC2CCCCC2)N(Cc2ccc(F)cc2)C(=O)Cn2nnc3ccccc32)cc1. The topological polar surface area (TPSA) is 106 Å². The van der Waals surface area contributed by atoms with E-state index in [1.807, 2.05) is 24.3 Å². The lowest BCUT2D eigenvalue weighted by Crippen LogP contribution is -2.47. The normalized spacial score (nSPS) is 14.4. The van der Waals surface area contributed by atoms with Crippen molar-refractivity contribution in [3.8, 4) is 0 Å². The van der Waals surface area contributed by atoms with Crippen LogP contribution < -0.4 is 5.32 Å². The maximum Gasteiger partial charge on any atom is 0.337 e. The lowest BCUT2D eigenvalue weighted by molar-refractivity contribution is -0.142. The Bertz CT molecular complexity index is 1510. The Morgan fingerprint density at radius 2 is 1.71 bits per heavy atom. The number of halogens is 1. The van der Waals surface area contributed by atoms with Gasteiger partial charge in [-0.15, -0.1) is 5.10 Å². The number of rotatable bonds is 9. The summed E-state index contributed by atoms with van der Waals surface area (Å²) in [6, 6.07) is 18.6. The molecular formula is C31H32FN5O4. The number of aromatic nitrogens is 3. The van der Waals surface area contributed by atoms with E-state index in [0.717, 1.165) is 32.1 Å². The summed E-state index contributed by atoms with van der Waals surface area (Å²) >= 11 is 0. The number of hydrogen-bond donors (Lipinski definition) is 1. The zero-order valence-electron chi connectivity index (χ0n) is 22.8. The van der Waals surface area contributed by atoms with Gasteiger partial charge in [0.15, 0.2) is 0 Å². The van der Waals surface area contributed by atoms with Gasteiger partial charge in [0.05, 0.1) is 18.2 Å².